The Morgan fingerprint density at radius 1 is 1.00 bits per heavy atom. The summed E-state index contributed by atoms with van der Waals surface area (Å²) in [5.74, 6) is -1.08. The largest absolute Gasteiger partial charge is 0.314 e. The van der Waals surface area contributed by atoms with E-state index in [2.05, 4.69) is 5.32 Å². The van der Waals surface area contributed by atoms with E-state index < -0.39 is 11.6 Å². The number of benzene rings is 2. The van der Waals surface area contributed by atoms with Crippen LogP contribution in [0.1, 0.15) is 18.1 Å². The molecule has 0 radical (unpaired) electrons. The molecule has 2 aromatic carbocycles. The highest BCUT2D eigenvalue weighted by Gasteiger charge is 2.11. The molecule has 0 saturated carbocycles. The summed E-state index contributed by atoms with van der Waals surface area (Å²) in [6.07, 6.45) is 1.32. The molecule has 0 aliphatic carbocycles. The third kappa shape index (κ3) is 5.10. The second kappa shape index (κ2) is 7.53. The number of rotatable bonds is 6. The molecule has 1 nitrogen and oxygen atoms in total. The lowest BCUT2D eigenvalue weighted by molar-refractivity contribution is 0.515. The summed E-state index contributed by atoms with van der Waals surface area (Å²) in [7, 11) is 0. The van der Waals surface area contributed by atoms with Gasteiger partial charge in [0.25, 0.3) is 0 Å². The van der Waals surface area contributed by atoms with E-state index in [0.29, 0.717) is 17.0 Å². The van der Waals surface area contributed by atoms with Crippen LogP contribution < -0.4 is 5.32 Å². The highest BCUT2D eigenvalue weighted by Crippen LogP contribution is 2.15. The van der Waals surface area contributed by atoms with E-state index in [1.807, 2.05) is 31.2 Å². The molecule has 1 unspecified atom stereocenters. The van der Waals surface area contributed by atoms with Gasteiger partial charge in [0.2, 0.25) is 0 Å². The average Bonchev–Trinajstić information content (AvgIpc) is 2.37. The molecule has 0 aliphatic heterocycles. The molecule has 112 valence electrons. The van der Waals surface area contributed by atoms with Crippen molar-refractivity contribution >= 4 is 11.6 Å². The van der Waals surface area contributed by atoms with E-state index in [1.165, 1.54) is 12.1 Å². The number of likely N-dealkylation sites (N-methyl/N-ethyl adjacent to an activating group) is 1. The van der Waals surface area contributed by atoms with E-state index in [9.17, 15) is 8.78 Å². The molecular formula is C17H18ClF2N. The second-order valence-electron chi connectivity index (χ2n) is 5.07. The van der Waals surface area contributed by atoms with Crippen LogP contribution in [-0.2, 0) is 12.8 Å². The summed E-state index contributed by atoms with van der Waals surface area (Å²) >= 11 is 5.99. The Bertz CT molecular complexity index is 581. The minimum absolute atomic E-state index is 0.106. The molecule has 0 aliphatic rings. The van der Waals surface area contributed by atoms with Crippen molar-refractivity contribution in [1.82, 2.24) is 5.32 Å². The summed E-state index contributed by atoms with van der Waals surface area (Å²) in [5.41, 5.74) is 1.76. The Kier molecular flexibility index (Phi) is 5.71. The smallest absolute Gasteiger partial charge is 0.126 e. The lowest BCUT2D eigenvalue weighted by atomic mass is 9.98. The maximum Gasteiger partial charge on any atom is 0.126 e. The lowest BCUT2D eigenvalue weighted by Gasteiger charge is -2.18. The molecule has 0 spiro atoms. The van der Waals surface area contributed by atoms with Crippen molar-refractivity contribution in [2.24, 2.45) is 0 Å². The Hall–Kier alpha value is -1.45. The van der Waals surface area contributed by atoms with Crippen LogP contribution >= 0.6 is 11.6 Å². The van der Waals surface area contributed by atoms with Crippen LogP contribution in [0.3, 0.4) is 0 Å². The first-order valence-corrected chi connectivity index (χ1v) is 7.37. The van der Waals surface area contributed by atoms with Gasteiger partial charge in [0, 0.05) is 17.1 Å². The predicted molar refractivity (Wildman–Crippen MR) is 82.7 cm³/mol. The van der Waals surface area contributed by atoms with Crippen LogP contribution in [0.2, 0.25) is 5.02 Å². The normalized spacial score (nSPS) is 12.4. The number of halogens is 3. The maximum atomic E-state index is 13.3. The molecule has 0 aromatic heterocycles. The second-order valence-corrected chi connectivity index (χ2v) is 5.51. The van der Waals surface area contributed by atoms with Crippen LogP contribution in [0.15, 0.2) is 42.5 Å². The Morgan fingerprint density at radius 2 is 1.67 bits per heavy atom. The van der Waals surface area contributed by atoms with Crippen LogP contribution in [0.5, 0.6) is 0 Å². The zero-order chi connectivity index (χ0) is 15.2. The minimum Gasteiger partial charge on any atom is -0.314 e. The van der Waals surface area contributed by atoms with E-state index in [1.54, 1.807) is 0 Å². The summed E-state index contributed by atoms with van der Waals surface area (Å²) in [4.78, 5) is 0. The monoisotopic (exact) mass is 309 g/mol. The first-order chi connectivity index (χ1) is 10.1. The fourth-order valence-electron chi connectivity index (χ4n) is 2.47. The van der Waals surface area contributed by atoms with Gasteiger partial charge in [-0.3, -0.25) is 0 Å². The van der Waals surface area contributed by atoms with Gasteiger partial charge >= 0.3 is 0 Å². The van der Waals surface area contributed by atoms with Gasteiger partial charge in [-0.15, -0.1) is 0 Å². The molecule has 0 saturated heterocycles. The van der Waals surface area contributed by atoms with E-state index >= 15 is 0 Å². The molecule has 21 heavy (non-hydrogen) atoms. The fourth-order valence-corrected chi connectivity index (χ4v) is 2.68. The van der Waals surface area contributed by atoms with Gasteiger partial charge in [-0.05, 0) is 54.8 Å². The highest BCUT2D eigenvalue weighted by molar-refractivity contribution is 6.30. The van der Waals surface area contributed by atoms with Crippen molar-refractivity contribution in [1.29, 1.82) is 0 Å². The van der Waals surface area contributed by atoms with Gasteiger partial charge in [0.1, 0.15) is 11.6 Å². The molecule has 0 heterocycles. The Labute approximate surface area is 128 Å². The SMILES string of the molecule is CCNC(Cc1cc(F)cc(F)c1)Cc1cccc(Cl)c1. The average molecular weight is 310 g/mol. The number of hydrogen-bond acceptors (Lipinski definition) is 1. The summed E-state index contributed by atoms with van der Waals surface area (Å²) in [5, 5.41) is 4.04. The lowest BCUT2D eigenvalue weighted by Crippen LogP contribution is -2.33. The van der Waals surface area contributed by atoms with Gasteiger partial charge in [0.15, 0.2) is 0 Å². The molecule has 2 aromatic rings. The Balaban J connectivity index is 2.11. The van der Waals surface area contributed by atoms with Crippen LogP contribution in [0.4, 0.5) is 8.78 Å². The molecule has 1 atom stereocenters. The molecular weight excluding hydrogens is 292 g/mol. The topological polar surface area (TPSA) is 12.0 Å². The zero-order valence-corrected chi connectivity index (χ0v) is 12.6. The quantitative estimate of drug-likeness (QED) is 0.835. The van der Waals surface area contributed by atoms with Crippen LogP contribution in [0.25, 0.3) is 0 Å². The minimum atomic E-state index is -0.539. The first-order valence-electron chi connectivity index (χ1n) is 6.99. The molecule has 0 fully saturated rings. The standard InChI is InChI=1S/C17H18ClF2N/c1-2-21-17(9-12-4-3-5-14(18)6-12)10-13-7-15(19)11-16(20)8-13/h3-8,11,17,21H,2,9-10H2,1H3. The molecule has 0 amide bonds. The van der Waals surface area contributed by atoms with Crippen molar-refractivity contribution in [3.8, 4) is 0 Å². The highest BCUT2D eigenvalue weighted by atomic mass is 35.5. The summed E-state index contributed by atoms with van der Waals surface area (Å²) in [6.45, 7) is 2.81. The van der Waals surface area contributed by atoms with Gasteiger partial charge in [0.05, 0.1) is 0 Å². The molecule has 4 heteroatoms. The first kappa shape index (κ1) is 15.9. The third-order valence-electron chi connectivity index (χ3n) is 3.27. The van der Waals surface area contributed by atoms with E-state index in [-0.39, 0.29) is 6.04 Å². The van der Waals surface area contributed by atoms with Gasteiger partial charge in [-0.1, -0.05) is 30.7 Å². The van der Waals surface area contributed by atoms with Crippen LogP contribution in [-0.4, -0.2) is 12.6 Å². The fraction of sp³-hybridized carbons (Fsp3) is 0.294. The summed E-state index contributed by atoms with van der Waals surface area (Å²) in [6, 6.07) is 11.4. The maximum absolute atomic E-state index is 13.3. The Morgan fingerprint density at radius 3 is 2.29 bits per heavy atom. The van der Waals surface area contributed by atoms with Crippen molar-refractivity contribution in [3.05, 3.63) is 70.2 Å². The molecule has 1 N–H and O–H groups in total. The number of nitrogens with one attached hydrogen (secondary N) is 1. The van der Waals surface area contributed by atoms with Crippen molar-refractivity contribution < 1.29 is 8.78 Å². The van der Waals surface area contributed by atoms with Crippen molar-refractivity contribution in [2.45, 2.75) is 25.8 Å². The zero-order valence-electron chi connectivity index (χ0n) is 11.9. The predicted octanol–water partition coefficient (Wildman–Crippen LogP) is 4.38. The van der Waals surface area contributed by atoms with Crippen molar-refractivity contribution in [3.63, 3.8) is 0 Å². The molecule has 0 bridgehead atoms. The van der Waals surface area contributed by atoms with Gasteiger partial charge < -0.3 is 5.32 Å². The van der Waals surface area contributed by atoms with E-state index in [4.69, 9.17) is 11.6 Å². The molecule has 2 rings (SSSR count). The van der Waals surface area contributed by atoms with Crippen molar-refractivity contribution in [2.75, 3.05) is 6.54 Å². The van der Waals surface area contributed by atoms with Gasteiger partial charge in [-0.2, -0.15) is 0 Å². The van der Waals surface area contributed by atoms with Crippen LogP contribution in [0, 0.1) is 11.6 Å². The summed E-state index contributed by atoms with van der Waals surface area (Å²) < 4.78 is 26.5. The third-order valence-corrected chi connectivity index (χ3v) is 3.50. The number of hydrogen-bond donors (Lipinski definition) is 1. The van der Waals surface area contributed by atoms with E-state index in [0.717, 1.165) is 24.6 Å². The van der Waals surface area contributed by atoms with Gasteiger partial charge in [-0.25, -0.2) is 8.78 Å².